The molecule has 1 fully saturated rings. The van der Waals surface area contributed by atoms with Crippen molar-refractivity contribution >= 4 is 11.8 Å². The normalized spacial score (nSPS) is 24.1. The summed E-state index contributed by atoms with van der Waals surface area (Å²) in [5, 5.41) is 4.55. The zero-order valence-electron chi connectivity index (χ0n) is 13.0. The number of thioether (sulfide) groups is 1. The predicted octanol–water partition coefficient (Wildman–Crippen LogP) is 5.18. The summed E-state index contributed by atoms with van der Waals surface area (Å²) in [5.74, 6) is 0. The monoisotopic (exact) mass is 291 g/mol. The molecule has 2 heteroatoms. The third-order valence-corrected chi connectivity index (χ3v) is 5.81. The molecule has 20 heavy (non-hydrogen) atoms. The zero-order valence-corrected chi connectivity index (χ0v) is 13.8. The van der Waals surface area contributed by atoms with Gasteiger partial charge in [0.05, 0.1) is 0 Å². The molecule has 1 aromatic rings. The second kappa shape index (κ2) is 8.74. The second-order valence-electron chi connectivity index (χ2n) is 5.97. The SMILES string of the molecule is CCCNC1CCCCCCC1Sc1ccccc1C. The Kier molecular flexibility index (Phi) is 6.95. The van der Waals surface area contributed by atoms with Crippen molar-refractivity contribution in [2.75, 3.05) is 6.54 Å². The Labute approximate surface area is 128 Å². The van der Waals surface area contributed by atoms with Crippen LogP contribution < -0.4 is 5.32 Å². The third-order valence-electron chi connectivity index (χ3n) is 4.23. The molecule has 1 saturated carbocycles. The molecule has 1 nitrogen and oxygen atoms in total. The average Bonchev–Trinajstić information content (AvgIpc) is 2.43. The summed E-state index contributed by atoms with van der Waals surface area (Å²) in [6, 6.07) is 9.53. The third kappa shape index (κ3) is 4.82. The first kappa shape index (κ1) is 15.9. The van der Waals surface area contributed by atoms with Crippen LogP contribution in [0.1, 0.15) is 57.4 Å². The van der Waals surface area contributed by atoms with Gasteiger partial charge >= 0.3 is 0 Å². The summed E-state index contributed by atoms with van der Waals surface area (Å²) in [6.45, 7) is 5.66. The Morgan fingerprint density at radius 1 is 1.10 bits per heavy atom. The van der Waals surface area contributed by atoms with Gasteiger partial charge in [-0.2, -0.15) is 0 Å². The Balaban J connectivity index is 2.04. The minimum atomic E-state index is 0.694. The smallest absolute Gasteiger partial charge is 0.0248 e. The molecule has 0 heterocycles. The van der Waals surface area contributed by atoms with Crippen molar-refractivity contribution in [3.63, 3.8) is 0 Å². The van der Waals surface area contributed by atoms with E-state index in [4.69, 9.17) is 0 Å². The highest BCUT2D eigenvalue weighted by molar-refractivity contribution is 8.00. The lowest BCUT2D eigenvalue weighted by molar-refractivity contribution is 0.400. The van der Waals surface area contributed by atoms with E-state index in [0.717, 1.165) is 11.8 Å². The van der Waals surface area contributed by atoms with Gasteiger partial charge < -0.3 is 5.32 Å². The molecule has 0 spiro atoms. The van der Waals surface area contributed by atoms with E-state index in [2.05, 4.69) is 55.2 Å². The minimum absolute atomic E-state index is 0.694. The van der Waals surface area contributed by atoms with E-state index < -0.39 is 0 Å². The maximum atomic E-state index is 3.81. The predicted molar refractivity (Wildman–Crippen MR) is 90.6 cm³/mol. The van der Waals surface area contributed by atoms with Gasteiger partial charge in [-0.05, 0) is 44.4 Å². The highest BCUT2D eigenvalue weighted by Gasteiger charge is 2.23. The first-order valence-electron chi connectivity index (χ1n) is 8.27. The van der Waals surface area contributed by atoms with Gasteiger partial charge in [0.2, 0.25) is 0 Å². The minimum Gasteiger partial charge on any atom is -0.313 e. The van der Waals surface area contributed by atoms with Gasteiger partial charge in [-0.1, -0.05) is 50.8 Å². The zero-order chi connectivity index (χ0) is 14.2. The van der Waals surface area contributed by atoms with E-state index in [1.54, 1.807) is 0 Å². The number of nitrogens with one attached hydrogen (secondary N) is 1. The van der Waals surface area contributed by atoms with E-state index in [9.17, 15) is 0 Å². The fourth-order valence-electron chi connectivity index (χ4n) is 3.01. The molecule has 1 aliphatic rings. The van der Waals surface area contributed by atoms with Crippen molar-refractivity contribution in [1.82, 2.24) is 5.32 Å². The molecular formula is C18H29NS. The van der Waals surface area contributed by atoms with Crippen LogP contribution in [0.15, 0.2) is 29.2 Å². The van der Waals surface area contributed by atoms with Crippen LogP contribution in [0.2, 0.25) is 0 Å². The van der Waals surface area contributed by atoms with Crippen LogP contribution >= 0.6 is 11.8 Å². The van der Waals surface area contributed by atoms with Crippen molar-refractivity contribution < 1.29 is 0 Å². The van der Waals surface area contributed by atoms with Crippen LogP contribution in [0.3, 0.4) is 0 Å². The first-order chi connectivity index (χ1) is 9.81. The van der Waals surface area contributed by atoms with Crippen molar-refractivity contribution in [2.45, 2.75) is 75.0 Å². The lowest BCUT2D eigenvalue weighted by atomic mass is 9.96. The molecule has 112 valence electrons. The summed E-state index contributed by atoms with van der Waals surface area (Å²) in [7, 11) is 0. The lowest BCUT2D eigenvalue weighted by Crippen LogP contribution is -2.39. The number of rotatable bonds is 5. The van der Waals surface area contributed by atoms with Crippen molar-refractivity contribution in [1.29, 1.82) is 0 Å². The fourth-order valence-corrected chi connectivity index (χ4v) is 4.42. The molecule has 2 rings (SSSR count). The molecule has 0 amide bonds. The van der Waals surface area contributed by atoms with Gasteiger partial charge in [-0.3, -0.25) is 0 Å². The summed E-state index contributed by atoms with van der Waals surface area (Å²) >= 11 is 2.11. The van der Waals surface area contributed by atoms with Gasteiger partial charge in [0.1, 0.15) is 0 Å². The maximum Gasteiger partial charge on any atom is 0.0248 e. The largest absolute Gasteiger partial charge is 0.313 e. The quantitative estimate of drug-likeness (QED) is 0.802. The molecule has 0 bridgehead atoms. The maximum absolute atomic E-state index is 3.81. The standard InChI is InChI=1S/C18H29NS/c1-3-14-19-16-11-6-4-5-7-13-18(16)20-17-12-9-8-10-15(17)2/h8-10,12,16,18-19H,3-7,11,13-14H2,1-2H3. The summed E-state index contributed by atoms with van der Waals surface area (Å²) in [4.78, 5) is 1.47. The second-order valence-corrected chi connectivity index (χ2v) is 7.26. The van der Waals surface area contributed by atoms with Crippen molar-refractivity contribution in [3.05, 3.63) is 29.8 Å². The van der Waals surface area contributed by atoms with Crippen LogP contribution in [-0.4, -0.2) is 17.8 Å². The molecule has 0 radical (unpaired) electrons. The summed E-state index contributed by atoms with van der Waals surface area (Å²) < 4.78 is 0. The van der Waals surface area contributed by atoms with E-state index >= 15 is 0 Å². The molecule has 1 N–H and O–H groups in total. The number of hydrogen-bond acceptors (Lipinski definition) is 2. The summed E-state index contributed by atoms with van der Waals surface area (Å²) in [6.07, 6.45) is 9.58. The van der Waals surface area contributed by atoms with Crippen LogP contribution in [0.25, 0.3) is 0 Å². The Hall–Kier alpha value is -0.470. The molecular weight excluding hydrogens is 262 g/mol. The van der Waals surface area contributed by atoms with Crippen LogP contribution in [-0.2, 0) is 0 Å². The van der Waals surface area contributed by atoms with Crippen molar-refractivity contribution in [3.8, 4) is 0 Å². The van der Waals surface area contributed by atoms with E-state index in [1.165, 1.54) is 55.4 Å². The molecule has 2 atom stereocenters. The Bertz CT molecular complexity index is 389. The first-order valence-corrected chi connectivity index (χ1v) is 9.15. The number of benzene rings is 1. The summed E-state index contributed by atoms with van der Waals surface area (Å²) in [5.41, 5.74) is 1.42. The Morgan fingerprint density at radius 2 is 1.85 bits per heavy atom. The molecule has 0 aliphatic heterocycles. The topological polar surface area (TPSA) is 12.0 Å². The van der Waals surface area contributed by atoms with Crippen LogP contribution in [0.5, 0.6) is 0 Å². The molecule has 0 saturated heterocycles. The molecule has 0 aromatic heterocycles. The highest BCUT2D eigenvalue weighted by Crippen LogP contribution is 2.34. The Morgan fingerprint density at radius 3 is 2.60 bits per heavy atom. The number of hydrogen-bond donors (Lipinski definition) is 1. The van der Waals surface area contributed by atoms with Gasteiger partial charge in [0.25, 0.3) is 0 Å². The molecule has 1 aliphatic carbocycles. The van der Waals surface area contributed by atoms with Gasteiger partial charge in [-0.25, -0.2) is 0 Å². The molecule has 1 aromatic carbocycles. The van der Waals surface area contributed by atoms with Gasteiger partial charge in [-0.15, -0.1) is 11.8 Å². The van der Waals surface area contributed by atoms with Crippen LogP contribution in [0.4, 0.5) is 0 Å². The van der Waals surface area contributed by atoms with Gasteiger partial charge in [0.15, 0.2) is 0 Å². The van der Waals surface area contributed by atoms with E-state index in [-0.39, 0.29) is 0 Å². The van der Waals surface area contributed by atoms with Gasteiger partial charge in [0, 0.05) is 16.2 Å². The highest BCUT2D eigenvalue weighted by atomic mass is 32.2. The molecule has 2 unspecified atom stereocenters. The van der Waals surface area contributed by atoms with E-state index in [0.29, 0.717) is 6.04 Å². The fraction of sp³-hybridized carbons (Fsp3) is 0.667. The van der Waals surface area contributed by atoms with Crippen molar-refractivity contribution in [2.24, 2.45) is 0 Å². The van der Waals surface area contributed by atoms with Crippen LogP contribution in [0, 0.1) is 6.92 Å². The average molecular weight is 292 g/mol. The number of aryl methyl sites for hydroxylation is 1. The lowest BCUT2D eigenvalue weighted by Gasteiger charge is -2.30. The van der Waals surface area contributed by atoms with E-state index in [1.807, 2.05) is 0 Å².